The van der Waals surface area contributed by atoms with E-state index in [1.807, 2.05) is 0 Å². The van der Waals surface area contributed by atoms with Crippen molar-refractivity contribution in [2.24, 2.45) is 0 Å². The average molecular weight is 154 g/mol. The van der Waals surface area contributed by atoms with E-state index in [4.69, 9.17) is 18.7 Å². The second-order valence-electron chi connectivity index (χ2n) is 0.717. The zero-order valence-electron chi connectivity index (χ0n) is 4.20. The number of halogens is 1. The van der Waals surface area contributed by atoms with Gasteiger partial charge in [0.1, 0.15) is 11.5 Å². The first-order valence-electron chi connectivity index (χ1n) is 1.59. The van der Waals surface area contributed by atoms with Crippen LogP contribution in [0.15, 0.2) is 12.7 Å². The van der Waals surface area contributed by atoms with Crippen molar-refractivity contribution in [1.82, 2.24) is 0 Å². The molecule has 0 aromatic rings. The van der Waals surface area contributed by atoms with Crippen molar-refractivity contribution in [3.8, 4) is 0 Å². The Hall–Kier alpha value is -0.750. The molecule has 0 aliphatic rings. The zero-order chi connectivity index (χ0) is 7.86. The van der Waals surface area contributed by atoms with Crippen molar-refractivity contribution in [3.63, 3.8) is 0 Å². The summed E-state index contributed by atoms with van der Waals surface area (Å²) in [5, 5.41) is 9.14. The van der Waals surface area contributed by atoms with Crippen molar-refractivity contribution < 1.29 is 22.5 Å². The molecule has 0 saturated heterocycles. The summed E-state index contributed by atoms with van der Waals surface area (Å²) in [5.41, 5.74) is 0. The smallest absolute Gasteiger partial charge is 0.132 e. The summed E-state index contributed by atoms with van der Waals surface area (Å²) in [5.74, 6) is -1.23. The molecule has 0 radical (unpaired) electrons. The summed E-state index contributed by atoms with van der Waals surface area (Å²) in [7, 11) is 0. The zero-order valence-corrected chi connectivity index (χ0v) is 5.02. The summed E-state index contributed by atoms with van der Waals surface area (Å²) < 4.78 is 26.6. The quantitative estimate of drug-likeness (QED) is 0.266. The minimum Gasteiger partial charge on any atom is -0.746 e. The van der Waals surface area contributed by atoms with Gasteiger partial charge in [-0.25, -0.2) is 4.21 Å². The van der Waals surface area contributed by atoms with E-state index in [-0.39, 0.29) is 0 Å². The van der Waals surface area contributed by atoms with E-state index in [2.05, 4.69) is 6.58 Å². The first-order chi connectivity index (χ1) is 4.00. The van der Waals surface area contributed by atoms with Crippen LogP contribution in [0.2, 0.25) is 0 Å². The average Bonchev–Trinajstić information content (AvgIpc) is 1.65. The molecule has 0 aromatic heterocycles. The highest BCUT2D eigenvalue weighted by molar-refractivity contribution is 7.73. The molecule has 0 rings (SSSR count). The SMILES string of the molecule is C=CC(=O)[O-].O=S([O-])F. The van der Waals surface area contributed by atoms with Crippen LogP contribution in [0, 0.1) is 0 Å². The van der Waals surface area contributed by atoms with Crippen LogP contribution in [0.1, 0.15) is 0 Å². The van der Waals surface area contributed by atoms with Crippen molar-refractivity contribution in [2.75, 3.05) is 0 Å². The van der Waals surface area contributed by atoms with Gasteiger partial charge < -0.3 is 14.5 Å². The van der Waals surface area contributed by atoms with Gasteiger partial charge >= 0.3 is 0 Å². The first kappa shape index (κ1) is 11.1. The molecule has 9 heavy (non-hydrogen) atoms. The van der Waals surface area contributed by atoms with Crippen molar-refractivity contribution in [1.29, 1.82) is 0 Å². The molecule has 4 nitrogen and oxygen atoms in total. The molecular weight excluding hydrogens is 151 g/mol. The Morgan fingerprint density at radius 1 is 1.78 bits per heavy atom. The molecule has 6 heteroatoms. The third-order valence-corrected chi connectivity index (χ3v) is 0.167. The van der Waals surface area contributed by atoms with Gasteiger partial charge in [-0.3, -0.25) is 0 Å². The van der Waals surface area contributed by atoms with Gasteiger partial charge in [0.25, 0.3) is 0 Å². The predicted molar refractivity (Wildman–Crippen MR) is 25.2 cm³/mol. The normalized spacial score (nSPS) is 10.4. The van der Waals surface area contributed by atoms with Crippen LogP contribution in [-0.2, 0) is 16.3 Å². The number of carbonyl (C=O) groups excluding carboxylic acids is 1. The lowest BCUT2D eigenvalue weighted by Gasteiger charge is -1.81. The molecule has 1 atom stereocenters. The second-order valence-corrected chi connectivity index (χ2v) is 1.11. The lowest BCUT2D eigenvalue weighted by atomic mass is 10.7. The predicted octanol–water partition coefficient (Wildman–Crippen LogP) is -1.33. The first-order valence-corrected chi connectivity index (χ1v) is 2.57. The number of carboxylic acid groups (broad SMARTS) is 1. The third-order valence-electron chi connectivity index (χ3n) is 0.167. The molecule has 1 unspecified atom stereocenters. The summed E-state index contributed by atoms with van der Waals surface area (Å²) in [6.45, 7) is 2.90. The van der Waals surface area contributed by atoms with E-state index in [1.165, 1.54) is 0 Å². The molecule has 0 aliphatic carbocycles. The Balaban J connectivity index is 0. The number of rotatable bonds is 1. The van der Waals surface area contributed by atoms with Gasteiger partial charge in [0.05, 0.1) is 5.97 Å². The number of carbonyl (C=O) groups is 1. The van der Waals surface area contributed by atoms with Crippen molar-refractivity contribution >= 4 is 17.4 Å². The second kappa shape index (κ2) is 7.25. The van der Waals surface area contributed by atoms with Crippen LogP contribution >= 0.6 is 0 Å². The minimum atomic E-state index is -3.36. The molecule has 0 aliphatic heterocycles. The highest BCUT2D eigenvalue weighted by atomic mass is 32.2. The molecule has 0 amide bonds. The lowest BCUT2D eigenvalue weighted by molar-refractivity contribution is -0.297. The summed E-state index contributed by atoms with van der Waals surface area (Å²) in [4.78, 5) is 9.14. The van der Waals surface area contributed by atoms with Crippen LogP contribution in [0.5, 0.6) is 0 Å². The number of aliphatic carboxylic acids is 1. The van der Waals surface area contributed by atoms with Crippen LogP contribution < -0.4 is 5.11 Å². The fraction of sp³-hybridized carbons (Fsp3) is 0. The van der Waals surface area contributed by atoms with E-state index in [0.29, 0.717) is 0 Å². The van der Waals surface area contributed by atoms with Gasteiger partial charge in [0, 0.05) is 0 Å². The standard InChI is InChI=1S/C3H4O2.FHO2S/c1-2-3(4)5;1-4(2)3/h2H,1H2,(H,4,5);(H,2,3)/p-2. The van der Waals surface area contributed by atoms with Gasteiger partial charge in [0.15, 0.2) is 0 Å². The molecule has 0 bridgehead atoms. The maximum atomic E-state index is 9.92. The van der Waals surface area contributed by atoms with Gasteiger partial charge in [-0.2, -0.15) is 0 Å². The molecular formula is C3H3FO4S-2. The van der Waals surface area contributed by atoms with Gasteiger partial charge in [-0.1, -0.05) is 6.58 Å². The van der Waals surface area contributed by atoms with Crippen LogP contribution in [0.3, 0.4) is 0 Å². The fourth-order valence-corrected chi connectivity index (χ4v) is 0. The van der Waals surface area contributed by atoms with Gasteiger partial charge in [-0.05, 0) is 6.08 Å². The minimum absolute atomic E-state index is 0.722. The van der Waals surface area contributed by atoms with Crippen LogP contribution in [0.25, 0.3) is 0 Å². The van der Waals surface area contributed by atoms with E-state index < -0.39 is 17.4 Å². The maximum Gasteiger partial charge on any atom is 0.132 e. The Kier molecular flexibility index (Phi) is 8.94. The molecule has 0 heterocycles. The van der Waals surface area contributed by atoms with Crippen LogP contribution in [0.4, 0.5) is 3.89 Å². The topological polar surface area (TPSA) is 80.3 Å². The highest BCUT2D eigenvalue weighted by Gasteiger charge is 1.55. The molecule has 0 N–H and O–H groups in total. The molecule has 0 saturated carbocycles. The lowest BCUT2D eigenvalue weighted by Crippen LogP contribution is -2.17. The fourth-order valence-electron chi connectivity index (χ4n) is 0. The number of carboxylic acids is 1. The molecule has 0 spiro atoms. The van der Waals surface area contributed by atoms with E-state index in [9.17, 15) is 3.89 Å². The highest BCUT2D eigenvalue weighted by Crippen LogP contribution is 1.61. The van der Waals surface area contributed by atoms with Crippen molar-refractivity contribution in [2.45, 2.75) is 0 Å². The number of hydrogen-bond acceptors (Lipinski definition) is 4. The van der Waals surface area contributed by atoms with E-state index >= 15 is 0 Å². The van der Waals surface area contributed by atoms with E-state index in [1.54, 1.807) is 0 Å². The third kappa shape index (κ3) is 128. The number of hydrogen-bond donors (Lipinski definition) is 0. The largest absolute Gasteiger partial charge is 0.746 e. The van der Waals surface area contributed by atoms with Crippen molar-refractivity contribution in [3.05, 3.63) is 12.7 Å². The monoisotopic (exact) mass is 154 g/mol. The van der Waals surface area contributed by atoms with Gasteiger partial charge in [0.2, 0.25) is 0 Å². The van der Waals surface area contributed by atoms with E-state index in [0.717, 1.165) is 6.08 Å². The maximum absolute atomic E-state index is 9.92. The molecule has 54 valence electrons. The van der Waals surface area contributed by atoms with Gasteiger partial charge in [-0.15, -0.1) is 3.89 Å². The van der Waals surface area contributed by atoms with Crippen LogP contribution in [-0.4, -0.2) is 14.7 Å². The molecule has 0 fully saturated rings. The molecule has 0 aromatic carbocycles. The Bertz CT molecular complexity index is 119. The summed E-state index contributed by atoms with van der Waals surface area (Å²) in [6, 6.07) is 0. The summed E-state index contributed by atoms with van der Waals surface area (Å²) in [6.07, 6.45) is 0.722. The Labute approximate surface area is 53.6 Å². The Morgan fingerprint density at radius 2 is 1.89 bits per heavy atom. The Morgan fingerprint density at radius 3 is 1.89 bits per heavy atom. The summed E-state index contributed by atoms with van der Waals surface area (Å²) >= 11 is -3.36.